The minimum absolute atomic E-state index is 0.0856. The fourth-order valence-corrected chi connectivity index (χ4v) is 0.938. The molecule has 0 aromatic carbocycles. The van der Waals surface area contributed by atoms with E-state index in [2.05, 4.69) is 0 Å². The predicted molar refractivity (Wildman–Crippen MR) is 32.2 cm³/mol. The number of nitrogens with zero attached hydrogens (tertiary/aromatic N) is 1. The van der Waals surface area contributed by atoms with Crippen molar-refractivity contribution in [2.45, 2.75) is 12.5 Å². The van der Waals surface area contributed by atoms with Gasteiger partial charge in [0.2, 0.25) is 0 Å². The highest BCUT2D eigenvalue weighted by molar-refractivity contribution is 5.66. The van der Waals surface area contributed by atoms with Gasteiger partial charge in [0.1, 0.15) is 0 Å². The van der Waals surface area contributed by atoms with E-state index in [4.69, 9.17) is 10.8 Å². The van der Waals surface area contributed by atoms with E-state index in [0.717, 1.165) is 6.42 Å². The maximum absolute atomic E-state index is 10.2. The quantitative estimate of drug-likeness (QED) is 0.512. The summed E-state index contributed by atoms with van der Waals surface area (Å²) in [5.74, 6) is 0. The molecule has 1 amide bonds. The molecule has 4 heteroatoms. The van der Waals surface area contributed by atoms with E-state index in [-0.39, 0.29) is 6.04 Å². The lowest BCUT2D eigenvalue weighted by Gasteiger charge is -2.37. The Labute approximate surface area is 53.2 Å². The number of carboxylic acid groups (broad SMARTS) is 1. The van der Waals surface area contributed by atoms with E-state index in [1.54, 1.807) is 0 Å². The van der Waals surface area contributed by atoms with E-state index in [1.807, 2.05) is 0 Å². The molecule has 0 aromatic heterocycles. The molecule has 4 nitrogen and oxygen atoms in total. The van der Waals surface area contributed by atoms with Crippen LogP contribution >= 0.6 is 0 Å². The number of amides is 1. The van der Waals surface area contributed by atoms with Gasteiger partial charge >= 0.3 is 6.09 Å². The Morgan fingerprint density at radius 2 is 2.56 bits per heavy atom. The topological polar surface area (TPSA) is 66.6 Å². The molecule has 3 N–H and O–H groups in total. The highest BCUT2D eigenvalue weighted by atomic mass is 16.4. The van der Waals surface area contributed by atoms with Gasteiger partial charge in [0.05, 0.1) is 0 Å². The first kappa shape index (κ1) is 6.35. The molecule has 1 aliphatic rings. The van der Waals surface area contributed by atoms with Crippen molar-refractivity contribution in [2.24, 2.45) is 5.73 Å². The van der Waals surface area contributed by atoms with Crippen LogP contribution in [0, 0.1) is 0 Å². The molecule has 0 saturated carbocycles. The third-order valence-electron chi connectivity index (χ3n) is 1.66. The summed E-state index contributed by atoms with van der Waals surface area (Å²) in [7, 11) is 0. The molecular weight excluding hydrogens is 120 g/mol. The number of hydrogen-bond acceptors (Lipinski definition) is 2. The lowest BCUT2D eigenvalue weighted by atomic mass is 10.1. The SMILES string of the molecule is NC[C@H]1CCN1C(=O)O. The number of nitrogens with two attached hydrogens (primary N) is 1. The van der Waals surface area contributed by atoms with Crippen LogP contribution < -0.4 is 5.73 Å². The van der Waals surface area contributed by atoms with Gasteiger partial charge in [-0.15, -0.1) is 0 Å². The summed E-state index contributed by atoms with van der Waals surface area (Å²) >= 11 is 0. The van der Waals surface area contributed by atoms with Gasteiger partial charge in [-0.1, -0.05) is 0 Å². The van der Waals surface area contributed by atoms with Crippen LogP contribution in [-0.2, 0) is 0 Å². The van der Waals surface area contributed by atoms with Gasteiger partial charge in [0.25, 0.3) is 0 Å². The summed E-state index contributed by atoms with van der Waals surface area (Å²) < 4.78 is 0. The van der Waals surface area contributed by atoms with E-state index in [1.165, 1.54) is 4.90 Å². The lowest BCUT2D eigenvalue weighted by Crippen LogP contribution is -2.53. The molecule has 1 saturated heterocycles. The van der Waals surface area contributed by atoms with Crippen molar-refractivity contribution in [3.05, 3.63) is 0 Å². The first-order valence-corrected chi connectivity index (χ1v) is 2.95. The summed E-state index contributed by atoms with van der Waals surface area (Å²) in [6.45, 7) is 1.10. The molecule has 1 rings (SSSR count). The molecule has 9 heavy (non-hydrogen) atoms. The van der Waals surface area contributed by atoms with Crippen LogP contribution in [0.4, 0.5) is 4.79 Å². The molecule has 0 aromatic rings. The third kappa shape index (κ3) is 0.977. The van der Waals surface area contributed by atoms with Gasteiger partial charge in [0, 0.05) is 19.1 Å². The van der Waals surface area contributed by atoms with Crippen LogP contribution in [-0.4, -0.2) is 35.2 Å². The molecule has 1 heterocycles. The molecule has 0 aliphatic carbocycles. The van der Waals surface area contributed by atoms with Crippen molar-refractivity contribution in [1.82, 2.24) is 4.90 Å². The highest BCUT2D eigenvalue weighted by Crippen LogP contribution is 2.14. The number of hydrogen-bond donors (Lipinski definition) is 2. The van der Waals surface area contributed by atoms with Crippen LogP contribution in [0.5, 0.6) is 0 Å². The third-order valence-corrected chi connectivity index (χ3v) is 1.66. The van der Waals surface area contributed by atoms with Crippen molar-refractivity contribution >= 4 is 6.09 Å². The second-order valence-electron chi connectivity index (χ2n) is 2.15. The highest BCUT2D eigenvalue weighted by Gasteiger charge is 2.30. The molecule has 1 fully saturated rings. The molecular formula is C5H10N2O2. The Hall–Kier alpha value is -0.770. The van der Waals surface area contributed by atoms with Crippen molar-refractivity contribution in [3.63, 3.8) is 0 Å². The summed E-state index contributed by atoms with van der Waals surface area (Å²) in [6.07, 6.45) is 0.0692. The van der Waals surface area contributed by atoms with Crippen LogP contribution in [0.25, 0.3) is 0 Å². The number of carbonyl (C=O) groups is 1. The summed E-state index contributed by atoms with van der Waals surface area (Å²) in [6, 6.07) is 0.0856. The van der Waals surface area contributed by atoms with Crippen molar-refractivity contribution in [1.29, 1.82) is 0 Å². The zero-order valence-electron chi connectivity index (χ0n) is 5.08. The normalized spacial score (nSPS) is 25.4. The lowest BCUT2D eigenvalue weighted by molar-refractivity contribution is 0.0792. The molecule has 1 atom stereocenters. The average Bonchev–Trinajstić information content (AvgIpc) is 1.61. The zero-order valence-corrected chi connectivity index (χ0v) is 5.08. The second-order valence-corrected chi connectivity index (χ2v) is 2.15. The summed E-state index contributed by atoms with van der Waals surface area (Å²) in [5, 5.41) is 8.41. The zero-order chi connectivity index (χ0) is 6.85. The monoisotopic (exact) mass is 130 g/mol. The maximum Gasteiger partial charge on any atom is 0.407 e. The van der Waals surface area contributed by atoms with E-state index >= 15 is 0 Å². The van der Waals surface area contributed by atoms with Gasteiger partial charge in [-0.05, 0) is 6.42 Å². The largest absolute Gasteiger partial charge is 0.465 e. The van der Waals surface area contributed by atoms with Gasteiger partial charge in [-0.2, -0.15) is 0 Å². The van der Waals surface area contributed by atoms with Crippen LogP contribution in [0.15, 0.2) is 0 Å². The molecule has 0 unspecified atom stereocenters. The van der Waals surface area contributed by atoms with E-state index < -0.39 is 6.09 Å². The maximum atomic E-state index is 10.2. The minimum Gasteiger partial charge on any atom is -0.465 e. The Morgan fingerprint density at radius 1 is 1.89 bits per heavy atom. The summed E-state index contributed by atoms with van der Waals surface area (Å²) in [5.41, 5.74) is 5.26. The van der Waals surface area contributed by atoms with Crippen molar-refractivity contribution < 1.29 is 9.90 Å². The van der Waals surface area contributed by atoms with Crippen molar-refractivity contribution in [3.8, 4) is 0 Å². The second kappa shape index (κ2) is 2.23. The fourth-order valence-electron chi connectivity index (χ4n) is 0.938. The molecule has 0 spiro atoms. The Bertz CT molecular complexity index is 124. The Morgan fingerprint density at radius 3 is 2.67 bits per heavy atom. The molecule has 0 radical (unpaired) electrons. The first-order valence-electron chi connectivity index (χ1n) is 2.95. The predicted octanol–water partition coefficient (Wildman–Crippen LogP) is -0.303. The van der Waals surface area contributed by atoms with Gasteiger partial charge in [-0.25, -0.2) is 4.79 Å². The average molecular weight is 130 g/mol. The van der Waals surface area contributed by atoms with Crippen molar-refractivity contribution in [2.75, 3.05) is 13.1 Å². The fraction of sp³-hybridized carbons (Fsp3) is 0.800. The molecule has 1 aliphatic heterocycles. The van der Waals surface area contributed by atoms with Crippen LogP contribution in [0.3, 0.4) is 0 Å². The summed E-state index contributed by atoms with van der Waals surface area (Å²) in [4.78, 5) is 11.6. The first-order chi connectivity index (χ1) is 4.25. The van der Waals surface area contributed by atoms with Crippen LogP contribution in [0.2, 0.25) is 0 Å². The van der Waals surface area contributed by atoms with Gasteiger partial charge < -0.3 is 15.7 Å². The minimum atomic E-state index is -0.850. The Balaban J connectivity index is 2.35. The smallest absolute Gasteiger partial charge is 0.407 e. The Kier molecular flexibility index (Phi) is 1.57. The van der Waals surface area contributed by atoms with Gasteiger partial charge in [0.15, 0.2) is 0 Å². The standard InChI is InChI=1S/C5H10N2O2/c6-3-4-1-2-7(4)5(8)9/h4H,1-3,6H2,(H,8,9)/t4-/m1/s1. The number of likely N-dealkylation sites (tertiary alicyclic amines) is 1. The van der Waals surface area contributed by atoms with Gasteiger partial charge in [-0.3, -0.25) is 0 Å². The van der Waals surface area contributed by atoms with E-state index in [9.17, 15) is 4.79 Å². The van der Waals surface area contributed by atoms with E-state index in [0.29, 0.717) is 13.1 Å². The number of rotatable bonds is 1. The molecule has 52 valence electrons. The van der Waals surface area contributed by atoms with Crippen LogP contribution in [0.1, 0.15) is 6.42 Å². The molecule has 0 bridgehead atoms.